The van der Waals surface area contributed by atoms with Crippen molar-refractivity contribution in [2.75, 3.05) is 19.0 Å². The van der Waals surface area contributed by atoms with Crippen molar-refractivity contribution in [2.45, 2.75) is 6.92 Å². The van der Waals surface area contributed by atoms with Crippen LogP contribution in [0.5, 0.6) is 0 Å². The Hall–Kier alpha value is -2.54. The highest BCUT2D eigenvalue weighted by atomic mass is 15.1. The molecular formula is C21H19N. The van der Waals surface area contributed by atoms with E-state index in [1.165, 1.54) is 43.6 Å². The van der Waals surface area contributed by atoms with Crippen molar-refractivity contribution in [1.29, 1.82) is 0 Å². The fourth-order valence-electron chi connectivity index (χ4n) is 3.42. The molecule has 0 spiro atoms. The van der Waals surface area contributed by atoms with Gasteiger partial charge in [0.25, 0.3) is 0 Å². The maximum atomic E-state index is 2.33. The van der Waals surface area contributed by atoms with Crippen LogP contribution in [-0.4, -0.2) is 14.1 Å². The van der Waals surface area contributed by atoms with Crippen LogP contribution < -0.4 is 4.90 Å². The number of rotatable bonds is 1. The minimum Gasteiger partial charge on any atom is -0.377 e. The monoisotopic (exact) mass is 285 g/mol. The highest BCUT2D eigenvalue weighted by molar-refractivity contribution is 6.16. The average molecular weight is 285 g/mol. The smallest absolute Gasteiger partial charge is 0.0441 e. The van der Waals surface area contributed by atoms with Crippen LogP contribution in [0.1, 0.15) is 5.56 Å². The molecular weight excluding hydrogens is 266 g/mol. The second-order valence-corrected chi connectivity index (χ2v) is 6.20. The van der Waals surface area contributed by atoms with Gasteiger partial charge in [-0.05, 0) is 57.6 Å². The number of hydrogen-bond acceptors (Lipinski definition) is 1. The van der Waals surface area contributed by atoms with Gasteiger partial charge in [0.2, 0.25) is 0 Å². The van der Waals surface area contributed by atoms with Gasteiger partial charge in [0.1, 0.15) is 0 Å². The SMILES string of the molecule is Cc1ccc(N(C)C)c2ccc3cc4ccccc4cc3c12. The molecule has 0 aliphatic rings. The topological polar surface area (TPSA) is 3.24 Å². The fourth-order valence-corrected chi connectivity index (χ4v) is 3.42. The zero-order chi connectivity index (χ0) is 15.3. The minimum atomic E-state index is 1.27. The van der Waals surface area contributed by atoms with E-state index in [-0.39, 0.29) is 0 Å². The second-order valence-electron chi connectivity index (χ2n) is 6.20. The maximum Gasteiger partial charge on any atom is 0.0441 e. The summed E-state index contributed by atoms with van der Waals surface area (Å²) < 4.78 is 0. The van der Waals surface area contributed by atoms with Gasteiger partial charge in [-0.2, -0.15) is 0 Å². The lowest BCUT2D eigenvalue weighted by molar-refractivity contribution is 1.14. The minimum absolute atomic E-state index is 1.27. The van der Waals surface area contributed by atoms with Gasteiger partial charge in [0.05, 0.1) is 0 Å². The lowest BCUT2D eigenvalue weighted by Gasteiger charge is -2.18. The summed E-state index contributed by atoms with van der Waals surface area (Å²) in [7, 11) is 4.21. The van der Waals surface area contributed by atoms with E-state index in [9.17, 15) is 0 Å². The summed E-state index contributed by atoms with van der Waals surface area (Å²) >= 11 is 0. The van der Waals surface area contributed by atoms with Crippen LogP contribution >= 0.6 is 0 Å². The van der Waals surface area contributed by atoms with E-state index in [0.29, 0.717) is 0 Å². The Bertz CT molecular complexity index is 1010. The zero-order valence-electron chi connectivity index (χ0n) is 13.2. The molecule has 0 bridgehead atoms. The number of hydrogen-bond donors (Lipinski definition) is 0. The van der Waals surface area contributed by atoms with Gasteiger partial charge < -0.3 is 4.90 Å². The first-order valence-corrected chi connectivity index (χ1v) is 7.67. The van der Waals surface area contributed by atoms with Crippen molar-refractivity contribution in [2.24, 2.45) is 0 Å². The molecule has 1 heteroatoms. The largest absolute Gasteiger partial charge is 0.377 e. The number of anilines is 1. The molecule has 0 atom stereocenters. The number of benzene rings is 4. The normalized spacial score (nSPS) is 11.4. The molecule has 0 aliphatic carbocycles. The van der Waals surface area contributed by atoms with Gasteiger partial charge in [-0.3, -0.25) is 0 Å². The third-order valence-electron chi connectivity index (χ3n) is 4.53. The van der Waals surface area contributed by atoms with Crippen LogP contribution in [-0.2, 0) is 0 Å². The van der Waals surface area contributed by atoms with Crippen LogP contribution in [0, 0.1) is 6.92 Å². The summed E-state index contributed by atoms with van der Waals surface area (Å²) in [5.74, 6) is 0. The van der Waals surface area contributed by atoms with Crippen molar-refractivity contribution < 1.29 is 0 Å². The Labute approximate surface area is 130 Å². The van der Waals surface area contributed by atoms with Gasteiger partial charge in [-0.1, -0.05) is 42.5 Å². The first-order valence-electron chi connectivity index (χ1n) is 7.67. The molecule has 0 N–H and O–H groups in total. The molecule has 0 aromatic heterocycles. The Balaban J connectivity index is 2.22. The van der Waals surface area contributed by atoms with Crippen molar-refractivity contribution in [3.8, 4) is 0 Å². The molecule has 4 aromatic carbocycles. The summed E-state index contributed by atoms with van der Waals surface area (Å²) in [6.45, 7) is 2.20. The van der Waals surface area contributed by atoms with E-state index in [2.05, 4.69) is 86.6 Å². The number of nitrogens with zero attached hydrogens (tertiary/aromatic N) is 1. The molecule has 108 valence electrons. The Morgan fingerprint density at radius 1 is 0.682 bits per heavy atom. The molecule has 4 aromatic rings. The molecule has 0 unspecified atom stereocenters. The van der Waals surface area contributed by atoms with Gasteiger partial charge in [-0.25, -0.2) is 0 Å². The van der Waals surface area contributed by atoms with E-state index in [1.54, 1.807) is 0 Å². The third-order valence-corrected chi connectivity index (χ3v) is 4.53. The molecule has 0 amide bonds. The van der Waals surface area contributed by atoms with Crippen molar-refractivity contribution >= 4 is 38.0 Å². The second kappa shape index (κ2) is 4.74. The van der Waals surface area contributed by atoms with Crippen LogP contribution in [0.2, 0.25) is 0 Å². The maximum absolute atomic E-state index is 2.33. The first kappa shape index (κ1) is 13.1. The Morgan fingerprint density at radius 2 is 1.41 bits per heavy atom. The lowest BCUT2D eigenvalue weighted by Crippen LogP contribution is -2.09. The van der Waals surface area contributed by atoms with Gasteiger partial charge >= 0.3 is 0 Å². The van der Waals surface area contributed by atoms with Crippen LogP contribution in [0.15, 0.2) is 60.7 Å². The predicted octanol–water partition coefficient (Wildman–Crippen LogP) is 5.52. The fraction of sp³-hybridized carbons (Fsp3) is 0.143. The van der Waals surface area contributed by atoms with Crippen molar-refractivity contribution in [3.63, 3.8) is 0 Å². The Morgan fingerprint density at radius 3 is 2.14 bits per heavy atom. The van der Waals surface area contributed by atoms with Crippen LogP contribution in [0.4, 0.5) is 5.69 Å². The molecule has 0 heterocycles. The molecule has 0 radical (unpaired) electrons. The van der Waals surface area contributed by atoms with Crippen molar-refractivity contribution in [3.05, 3.63) is 66.2 Å². The average Bonchev–Trinajstić information content (AvgIpc) is 2.52. The summed E-state index contributed by atoms with van der Waals surface area (Å²) in [5, 5.41) is 7.96. The van der Waals surface area contributed by atoms with Crippen LogP contribution in [0.3, 0.4) is 0 Å². The summed E-state index contributed by atoms with van der Waals surface area (Å²) in [6, 6.07) is 22.2. The van der Waals surface area contributed by atoms with E-state index < -0.39 is 0 Å². The Kier molecular flexibility index (Phi) is 2.83. The summed E-state index contributed by atoms with van der Waals surface area (Å²) in [6.07, 6.45) is 0. The van der Waals surface area contributed by atoms with E-state index in [4.69, 9.17) is 0 Å². The zero-order valence-corrected chi connectivity index (χ0v) is 13.2. The highest BCUT2D eigenvalue weighted by Gasteiger charge is 2.09. The van der Waals surface area contributed by atoms with Crippen molar-refractivity contribution in [1.82, 2.24) is 0 Å². The number of aryl methyl sites for hydroxylation is 1. The lowest BCUT2D eigenvalue weighted by atomic mass is 9.94. The molecule has 0 saturated heterocycles. The molecule has 0 aliphatic heterocycles. The van der Waals surface area contributed by atoms with Gasteiger partial charge in [-0.15, -0.1) is 0 Å². The first-order chi connectivity index (χ1) is 10.6. The van der Waals surface area contributed by atoms with Gasteiger partial charge in [0.15, 0.2) is 0 Å². The summed E-state index contributed by atoms with van der Waals surface area (Å²) in [5.41, 5.74) is 2.61. The predicted molar refractivity (Wildman–Crippen MR) is 98.0 cm³/mol. The van der Waals surface area contributed by atoms with E-state index in [0.717, 1.165) is 0 Å². The quantitative estimate of drug-likeness (QED) is 0.329. The molecule has 0 saturated carbocycles. The molecule has 0 fully saturated rings. The highest BCUT2D eigenvalue weighted by Crippen LogP contribution is 2.35. The van der Waals surface area contributed by atoms with Crippen LogP contribution in [0.25, 0.3) is 32.3 Å². The van der Waals surface area contributed by atoms with E-state index >= 15 is 0 Å². The molecule has 4 rings (SSSR count). The molecule has 22 heavy (non-hydrogen) atoms. The molecule has 1 nitrogen and oxygen atoms in total. The number of fused-ring (bicyclic) bond motifs is 4. The van der Waals surface area contributed by atoms with E-state index in [1.807, 2.05) is 0 Å². The third kappa shape index (κ3) is 1.86. The van der Waals surface area contributed by atoms with Gasteiger partial charge in [0, 0.05) is 25.2 Å². The summed E-state index contributed by atoms with van der Waals surface area (Å²) in [4.78, 5) is 2.19. The standard InChI is InChI=1S/C21H19N/c1-14-8-11-20(22(2)3)18-10-9-17-12-15-6-4-5-7-16(15)13-19(17)21(14)18/h4-13H,1-3H3.